The quantitative estimate of drug-likeness (QED) is 0.703. The molecule has 1 atom stereocenters. The van der Waals surface area contributed by atoms with Gasteiger partial charge in [-0.05, 0) is 48.5 Å². The monoisotopic (exact) mass is 271 g/mol. The minimum Gasteiger partial charge on any atom is -0.350 e. The van der Waals surface area contributed by atoms with Crippen LogP contribution in [0.4, 0.5) is 0 Å². The van der Waals surface area contributed by atoms with Crippen molar-refractivity contribution in [2.24, 2.45) is 0 Å². The average Bonchev–Trinajstić information content (AvgIpc) is 2.12. The Balaban J connectivity index is 4.02. The maximum atomic E-state index is 11.8. The van der Waals surface area contributed by atoms with Crippen molar-refractivity contribution < 1.29 is 9.59 Å². The molecule has 0 aliphatic carbocycles. The maximum Gasteiger partial charge on any atom is 0.242 e. The van der Waals surface area contributed by atoms with Crippen LogP contribution in [-0.2, 0) is 9.59 Å². The first-order valence-electron chi connectivity index (χ1n) is 6.77. The highest BCUT2D eigenvalue weighted by Gasteiger charge is 2.20. The lowest BCUT2D eigenvalue weighted by Crippen LogP contribution is -2.51. The molecule has 0 saturated heterocycles. The second-order valence-corrected chi connectivity index (χ2v) is 6.96. The van der Waals surface area contributed by atoms with Gasteiger partial charge in [0.25, 0.3) is 0 Å². The minimum atomic E-state index is -0.513. The summed E-state index contributed by atoms with van der Waals surface area (Å²) in [5.41, 5.74) is -0.292. The van der Waals surface area contributed by atoms with Gasteiger partial charge in [0, 0.05) is 24.0 Å². The standard InChI is InChI=1S/C14H29N3O2/c1-10(12(19)17-14(5,6)7)16-11(18)8-9-15-13(2,3)4/h10,15H,8-9H2,1-7H3,(H,16,18)(H,17,19). The van der Waals surface area contributed by atoms with E-state index in [1.807, 2.05) is 41.5 Å². The topological polar surface area (TPSA) is 70.2 Å². The molecule has 0 saturated carbocycles. The van der Waals surface area contributed by atoms with Crippen LogP contribution in [0.3, 0.4) is 0 Å². The van der Waals surface area contributed by atoms with Crippen molar-refractivity contribution in [2.75, 3.05) is 6.54 Å². The Morgan fingerprint density at radius 2 is 1.53 bits per heavy atom. The van der Waals surface area contributed by atoms with Gasteiger partial charge in [0.15, 0.2) is 0 Å². The van der Waals surface area contributed by atoms with Crippen LogP contribution in [0.2, 0.25) is 0 Å². The summed E-state index contributed by atoms with van der Waals surface area (Å²) < 4.78 is 0. The number of hydrogen-bond donors (Lipinski definition) is 3. The highest BCUT2D eigenvalue weighted by atomic mass is 16.2. The first-order chi connectivity index (χ1) is 8.41. The van der Waals surface area contributed by atoms with Crippen molar-refractivity contribution in [1.82, 2.24) is 16.0 Å². The lowest BCUT2D eigenvalue weighted by molar-refractivity contribution is -0.129. The molecule has 0 aliphatic heterocycles. The third-order valence-electron chi connectivity index (χ3n) is 2.28. The summed E-state index contributed by atoms with van der Waals surface area (Å²) in [6.07, 6.45) is 0.365. The number of carbonyl (C=O) groups is 2. The maximum absolute atomic E-state index is 11.8. The summed E-state index contributed by atoms with van der Waals surface area (Å²) in [4.78, 5) is 23.5. The Morgan fingerprint density at radius 1 is 1.00 bits per heavy atom. The molecule has 0 rings (SSSR count). The lowest BCUT2D eigenvalue weighted by Gasteiger charge is -2.24. The largest absolute Gasteiger partial charge is 0.350 e. The SMILES string of the molecule is CC(NC(=O)CCNC(C)(C)C)C(=O)NC(C)(C)C. The van der Waals surface area contributed by atoms with Gasteiger partial charge in [-0.2, -0.15) is 0 Å². The van der Waals surface area contributed by atoms with Crippen LogP contribution in [-0.4, -0.2) is 35.5 Å². The number of amides is 2. The third kappa shape index (κ3) is 10.5. The zero-order chi connectivity index (χ0) is 15.3. The zero-order valence-corrected chi connectivity index (χ0v) is 13.3. The Bertz CT molecular complexity index is 314. The molecule has 5 heteroatoms. The number of carbonyl (C=O) groups excluding carboxylic acids is 2. The van der Waals surface area contributed by atoms with Crippen molar-refractivity contribution in [2.45, 2.75) is 72.0 Å². The summed E-state index contributed by atoms with van der Waals surface area (Å²) in [7, 11) is 0. The highest BCUT2D eigenvalue weighted by Crippen LogP contribution is 2.00. The van der Waals surface area contributed by atoms with Crippen molar-refractivity contribution in [3.8, 4) is 0 Å². The Morgan fingerprint density at radius 3 is 1.95 bits per heavy atom. The molecular formula is C14H29N3O2. The molecule has 0 aromatic heterocycles. The second-order valence-electron chi connectivity index (χ2n) is 6.96. The van der Waals surface area contributed by atoms with Gasteiger partial charge in [-0.25, -0.2) is 0 Å². The van der Waals surface area contributed by atoms with Crippen LogP contribution in [0.25, 0.3) is 0 Å². The van der Waals surface area contributed by atoms with Crippen LogP contribution >= 0.6 is 0 Å². The van der Waals surface area contributed by atoms with E-state index in [1.165, 1.54) is 0 Å². The first kappa shape index (κ1) is 17.9. The number of nitrogens with one attached hydrogen (secondary N) is 3. The molecule has 0 aromatic rings. The van der Waals surface area contributed by atoms with Crippen LogP contribution in [0.1, 0.15) is 54.9 Å². The Hall–Kier alpha value is -1.10. The fraction of sp³-hybridized carbons (Fsp3) is 0.857. The predicted molar refractivity (Wildman–Crippen MR) is 77.9 cm³/mol. The van der Waals surface area contributed by atoms with E-state index >= 15 is 0 Å². The van der Waals surface area contributed by atoms with Gasteiger partial charge in [0.1, 0.15) is 6.04 Å². The van der Waals surface area contributed by atoms with Crippen LogP contribution in [0.5, 0.6) is 0 Å². The van der Waals surface area contributed by atoms with E-state index < -0.39 is 6.04 Å². The second kappa shape index (κ2) is 6.89. The van der Waals surface area contributed by atoms with E-state index in [9.17, 15) is 9.59 Å². The van der Waals surface area contributed by atoms with E-state index in [0.29, 0.717) is 13.0 Å². The molecule has 1 unspecified atom stereocenters. The molecule has 3 N–H and O–H groups in total. The summed E-state index contributed by atoms with van der Waals surface area (Å²) >= 11 is 0. The molecule has 0 aliphatic rings. The van der Waals surface area contributed by atoms with Gasteiger partial charge in [0.05, 0.1) is 0 Å². The van der Waals surface area contributed by atoms with E-state index in [2.05, 4.69) is 16.0 Å². The summed E-state index contributed by atoms with van der Waals surface area (Å²) in [6, 6.07) is -0.513. The molecule has 0 bridgehead atoms. The first-order valence-corrected chi connectivity index (χ1v) is 6.77. The smallest absolute Gasteiger partial charge is 0.242 e. The van der Waals surface area contributed by atoms with Crippen LogP contribution in [0, 0.1) is 0 Å². The molecule has 0 aromatic carbocycles. The molecule has 0 spiro atoms. The summed E-state index contributed by atoms with van der Waals surface area (Å²) in [5.74, 6) is -0.280. The molecule has 0 radical (unpaired) electrons. The molecule has 112 valence electrons. The van der Waals surface area contributed by atoms with Crippen LogP contribution in [0.15, 0.2) is 0 Å². The van der Waals surface area contributed by atoms with Gasteiger partial charge in [-0.1, -0.05) is 0 Å². The Kier molecular flexibility index (Phi) is 6.49. The van der Waals surface area contributed by atoms with Crippen molar-refractivity contribution in [1.29, 1.82) is 0 Å². The normalized spacial score (nSPS) is 13.8. The minimum absolute atomic E-state index is 0.00446. The lowest BCUT2D eigenvalue weighted by atomic mass is 10.1. The molecular weight excluding hydrogens is 242 g/mol. The van der Waals surface area contributed by atoms with Gasteiger partial charge in [-0.15, -0.1) is 0 Å². The van der Waals surface area contributed by atoms with E-state index in [-0.39, 0.29) is 22.9 Å². The summed E-state index contributed by atoms with van der Waals surface area (Å²) in [5, 5.41) is 8.76. The average molecular weight is 271 g/mol. The fourth-order valence-corrected chi connectivity index (χ4v) is 1.41. The van der Waals surface area contributed by atoms with E-state index in [0.717, 1.165) is 0 Å². The summed E-state index contributed by atoms with van der Waals surface area (Å²) in [6.45, 7) is 14.2. The molecule has 0 fully saturated rings. The molecule has 19 heavy (non-hydrogen) atoms. The molecule has 2 amide bonds. The van der Waals surface area contributed by atoms with Crippen molar-refractivity contribution in [3.63, 3.8) is 0 Å². The van der Waals surface area contributed by atoms with Gasteiger partial charge >= 0.3 is 0 Å². The van der Waals surface area contributed by atoms with Crippen molar-refractivity contribution in [3.05, 3.63) is 0 Å². The highest BCUT2D eigenvalue weighted by molar-refractivity contribution is 5.87. The van der Waals surface area contributed by atoms with Gasteiger partial charge in [-0.3, -0.25) is 9.59 Å². The van der Waals surface area contributed by atoms with E-state index in [4.69, 9.17) is 0 Å². The Labute approximate surface area is 116 Å². The number of hydrogen-bond acceptors (Lipinski definition) is 3. The van der Waals surface area contributed by atoms with E-state index in [1.54, 1.807) is 6.92 Å². The predicted octanol–water partition coefficient (Wildman–Crippen LogP) is 1.18. The molecule has 5 nitrogen and oxygen atoms in total. The zero-order valence-electron chi connectivity index (χ0n) is 13.3. The fourth-order valence-electron chi connectivity index (χ4n) is 1.41. The van der Waals surface area contributed by atoms with Gasteiger partial charge < -0.3 is 16.0 Å². The van der Waals surface area contributed by atoms with Crippen molar-refractivity contribution >= 4 is 11.8 Å². The van der Waals surface area contributed by atoms with Crippen LogP contribution < -0.4 is 16.0 Å². The number of rotatable bonds is 5. The third-order valence-corrected chi connectivity index (χ3v) is 2.28. The van der Waals surface area contributed by atoms with Gasteiger partial charge in [0.2, 0.25) is 11.8 Å². The molecule has 0 heterocycles.